The van der Waals surface area contributed by atoms with Crippen LogP contribution in [0, 0.1) is 0 Å². The molecule has 0 rings (SSSR count). The molecule has 1 unspecified atom stereocenters. The summed E-state index contributed by atoms with van der Waals surface area (Å²) in [6.07, 6.45) is 4.96. The van der Waals surface area contributed by atoms with Crippen molar-refractivity contribution in [3.05, 3.63) is 12.7 Å². The minimum Gasteiger partial charge on any atom is -0.455 e. The zero-order valence-electron chi connectivity index (χ0n) is 16.4. The van der Waals surface area contributed by atoms with Crippen molar-refractivity contribution in [3.8, 4) is 0 Å². The predicted octanol–water partition coefficient (Wildman–Crippen LogP) is 4.52. The highest BCUT2D eigenvalue weighted by Gasteiger charge is 2.32. The average molecular weight is 375 g/mol. The third-order valence-corrected chi connectivity index (χ3v) is 11.6. The highest BCUT2D eigenvalue weighted by atomic mass is 28.4. The highest BCUT2D eigenvalue weighted by molar-refractivity contribution is 6.84. The number of ether oxygens (including phenoxy) is 1. The van der Waals surface area contributed by atoms with Crippen LogP contribution >= 0.6 is 0 Å². The number of hydrogen-bond acceptors (Lipinski definition) is 4. The van der Waals surface area contributed by atoms with Gasteiger partial charge in [0.25, 0.3) is 0 Å². The van der Waals surface area contributed by atoms with E-state index in [-0.39, 0.29) is 5.78 Å². The molecule has 24 heavy (non-hydrogen) atoms. The zero-order valence-corrected chi connectivity index (χ0v) is 18.4. The van der Waals surface area contributed by atoms with Crippen molar-refractivity contribution in [1.82, 2.24) is 0 Å². The van der Waals surface area contributed by atoms with Crippen LogP contribution in [0.25, 0.3) is 0 Å². The van der Waals surface area contributed by atoms with E-state index in [9.17, 15) is 9.90 Å². The molecule has 0 heterocycles. The molecular weight excluding hydrogens is 336 g/mol. The summed E-state index contributed by atoms with van der Waals surface area (Å²) in [6, 6.07) is 2.33. The number of aliphatic hydroxyl groups excluding tert-OH is 1. The molecule has 0 amide bonds. The van der Waals surface area contributed by atoms with Gasteiger partial charge in [-0.1, -0.05) is 26.3 Å². The molecule has 0 aliphatic carbocycles. The Morgan fingerprint density at radius 1 is 1.17 bits per heavy atom. The minimum atomic E-state index is -1.64. The van der Waals surface area contributed by atoms with Crippen molar-refractivity contribution >= 4 is 22.4 Å². The molecule has 0 bridgehead atoms. The van der Waals surface area contributed by atoms with Gasteiger partial charge in [-0.15, -0.1) is 0 Å². The fourth-order valence-corrected chi connectivity index (χ4v) is 11.8. The van der Waals surface area contributed by atoms with Gasteiger partial charge >= 0.3 is 0 Å². The van der Waals surface area contributed by atoms with E-state index in [0.29, 0.717) is 26.1 Å². The smallest absolute Gasteiger partial charge is 0.173 e. The summed E-state index contributed by atoms with van der Waals surface area (Å²) in [5.41, 5.74) is 0. The molecule has 142 valence electrons. The molecule has 0 spiro atoms. The SMILES string of the molecule is C=CC(=O)CCC(O)COCCC[Si](C)(C)O[Si](C)(C)CCCC. The lowest BCUT2D eigenvalue weighted by Crippen LogP contribution is -2.44. The molecule has 0 aromatic carbocycles. The van der Waals surface area contributed by atoms with Crippen LogP contribution in [-0.4, -0.2) is 46.8 Å². The van der Waals surface area contributed by atoms with Crippen LogP contribution in [0.2, 0.25) is 38.3 Å². The first kappa shape index (κ1) is 23.7. The van der Waals surface area contributed by atoms with E-state index in [0.717, 1.165) is 12.5 Å². The van der Waals surface area contributed by atoms with Crippen LogP contribution in [0.4, 0.5) is 0 Å². The topological polar surface area (TPSA) is 55.8 Å². The number of rotatable bonds is 15. The largest absolute Gasteiger partial charge is 0.455 e. The summed E-state index contributed by atoms with van der Waals surface area (Å²) in [7, 11) is -3.17. The second-order valence-corrected chi connectivity index (χ2v) is 16.6. The lowest BCUT2D eigenvalue weighted by atomic mass is 10.1. The zero-order chi connectivity index (χ0) is 18.6. The lowest BCUT2D eigenvalue weighted by molar-refractivity contribution is -0.115. The molecule has 6 heteroatoms. The summed E-state index contributed by atoms with van der Waals surface area (Å²) in [5.74, 6) is -0.0335. The maximum atomic E-state index is 11.1. The first-order chi connectivity index (χ1) is 11.1. The Hall–Kier alpha value is -0.276. The van der Waals surface area contributed by atoms with Crippen molar-refractivity contribution in [1.29, 1.82) is 0 Å². The third kappa shape index (κ3) is 13.1. The fourth-order valence-electron chi connectivity index (χ4n) is 2.77. The number of ketones is 1. The maximum Gasteiger partial charge on any atom is 0.173 e. The highest BCUT2D eigenvalue weighted by Crippen LogP contribution is 2.24. The van der Waals surface area contributed by atoms with Crippen LogP contribution in [0.3, 0.4) is 0 Å². The van der Waals surface area contributed by atoms with Gasteiger partial charge in [-0.05, 0) is 57.2 Å². The molecule has 0 aliphatic rings. The first-order valence-electron chi connectivity index (χ1n) is 9.23. The van der Waals surface area contributed by atoms with E-state index in [4.69, 9.17) is 8.85 Å². The first-order valence-corrected chi connectivity index (χ1v) is 15.5. The second-order valence-electron chi connectivity index (χ2n) is 7.77. The van der Waals surface area contributed by atoms with Crippen molar-refractivity contribution in [2.24, 2.45) is 0 Å². The van der Waals surface area contributed by atoms with E-state index in [1.165, 1.54) is 25.0 Å². The predicted molar refractivity (Wildman–Crippen MR) is 106 cm³/mol. The lowest BCUT2D eigenvalue weighted by Gasteiger charge is -2.34. The maximum absolute atomic E-state index is 11.1. The van der Waals surface area contributed by atoms with E-state index in [1.807, 2.05) is 0 Å². The number of unbranched alkanes of at least 4 members (excludes halogenated alkanes) is 1. The standard InChI is InChI=1S/C18H38O4Si2/c1-7-9-14-23(3,4)22-24(5,6)15-10-13-21-16-18(20)12-11-17(19)8-2/h8,18,20H,2,7,9-16H2,1,3-6H3. The Morgan fingerprint density at radius 2 is 1.75 bits per heavy atom. The van der Waals surface area contributed by atoms with Gasteiger partial charge in [-0.2, -0.15) is 0 Å². The van der Waals surface area contributed by atoms with E-state index < -0.39 is 22.7 Å². The summed E-state index contributed by atoms with van der Waals surface area (Å²) >= 11 is 0. The van der Waals surface area contributed by atoms with E-state index in [2.05, 4.69) is 39.7 Å². The van der Waals surface area contributed by atoms with Gasteiger partial charge in [0.1, 0.15) is 0 Å². The number of carbonyl (C=O) groups is 1. The molecule has 1 N–H and O–H groups in total. The van der Waals surface area contributed by atoms with E-state index in [1.54, 1.807) is 0 Å². The number of hydrogen-bond donors (Lipinski definition) is 1. The van der Waals surface area contributed by atoms with Crippen molar-refractivity contribution in [2.45, 2.75) is 83.4 Å². The summed E-state index contributed by atoms with van der Waals surface area (Å²) in [4.78, 5) is 11.1. The molecule has 0 fully saturated rings. The summed E-state index contributed by atoms with van der Waals surface area (Å²) in [5, 5.41) is 9.77. The molecular formula is C18H38O4Si2. The molecule has 0 aliphatic heterocycles. The molecule has 0 saturated heterocycles. The summed E-state index contributed by atoms with van der Waals surface area (Å²) in [6.45, 7) is 15.8. The Balaban J connectivity index is 3.88. The monoisotopic (exact) mass is 374 g/mol. The molecule has 0 aromatic heterocycles. The van der Waals surface area contributed by atoms with Gasteiger partial charge in [-0.3, -0.25) is 4.79 Å². The van der Waals surface area contributed by atoms with Gasteiger partial charge in [-0.25, -0.2) is 0 Å². The second kappa shape index (κ2) is 12.1. The number of carbonyl (C=O) groups excluding carboxylic acids is 1. The molecule has 1 atom stereocenters. The van der Waals surface area contributed by atoms with Gasteiger partial charge in [0.2, 0.25) is 0 Å². The minimum absolute atomic E-state index is 0.0335. The van der Waals surface area contributed by atoms with Crippen molar-refractivity contribution in [2.75, 3.05) is 13.2 Å². The summed E-state index contributed by atoms with van der Waals surface area (Å²) < 4.78 is 12.1. The van der Waals surface area contributed by atoms with Crippen LogP contribution in [0.5, 0.6) is 0 Å². The number of allylic oxidation sites excluding steroid dienone is 1. The molecule has 0 saturated carbocycles. The van der Waals surface area contributed by atoms with Gasteiger partial charge in [0.05, 0.1) is 12.7 Å². The van der Waals surface area contributed by atoms with Gasteiger partial charge < -0.3 is 14.0 Å². The normalized spacial score (nSPS) is 13.8. The quantitative estimate of drug-likeness (QED) is 0.260. The van der Waals surface area contributed by atoms with Crippen molar-refractivity contribution in [3.63, 3.8) is 0 Å². The van der Waals surface area contributed by atoms with Crippen LogP contribution in [-0.2, 0) is 13.6 Å². The Bertz CT molecular complexity index is 370. The average Bonchev–Trinajstić information content (AvgIpc) is 2.49. The van der Waals surface area contributed by atoms with Crippen LogP contribution < -0.4 is 0 Å². The Morgan fingerprint density at radius 3 is 2.29 bits per heavy atom. The van der Waals surface area contributed by atoms with Crippen LogP contribution in [0.15, 0.2) is 12.7 Å². The third-order valence-electron chi connectivity index (χ3n) is 4.01. The Kier molecular flexibility index (Phi) is 12.0. The molecule has 0 aromatic rings. The van der Waals surface area contributed by atoms with Crippen molar-refractivity contribution < 1.29 is 18.8 Å². The molecule has 0 radical (unpaired) electrons. The van der Waals surface area contributed by atoms with Gasteiger partial charge in [0, 0.05) is 13.0 Å². The number of aliphatic hydroxyl groups is 1. The van der Waals surface area contributed by atoms with E-state index >= 15 is 0 Å². The molecule has 4 nitrogen and oxygen atoms in total. The Labute approximate surface area is 150 Å². The fraction of sp³-hybridized carbons (Fsp3) is 0.833. The van der Waals surface area contributed by atoms with Gasteiger partial charge in [0.15, 0.2) is 22.4 Å². The van der Waals surface area contributed by atoms with Crippen LogP contribution in [0.1, 0.15) is 39.0 Å².